The Morgan fingerprint density at radius 3 is 2.62 bits per heavy atom. The summed E-state index contributed by atoms with van der Waals surface area (Å²) in [6, 6.07) is 3.49. The molecule has 0 saturated carbocycles. The molecule has 0 unspecified atom stereocenters. The molecule has 3 nitrogen and oxygen atoms in total. The van der Waals surface area contributed by atoms with Gasteiger partial charge in [0.2, 0.25) is 5.76 Å². The first-order valence-electron chi connectivity index (χ1n) is 4.38. The molecule has 1 aromatic carbocycles. The standard InChI is InChI=1S/C10H6F3NO2/c1-5(15)9-6-3-2-4-7(10(11,12)13)8(6)14-16-9/h2-4H,1H3. The van der Waals surface area contributed by atoms with Gasteiger partial charge in [0, 0.05) is 6.92 Å². The average Bonchev–Trinajstić information content (AvgIpc) is 2.58. The number of benzene rings is 1. The van der Waals surface area contributed by atoms with E-state index in [0.29, 0.717) is 0 Å². The van der Waals surface area contributed by atoms with Crippen LogP contribution in [-0.4, -0.2) is 10.9 Å². The summed E-state index contributed by atoms with van der Waals surface area (Å²) in [5.41, 5.74) is -1.23. The van der Waals surface area contributed by atoms with E-state index in [1.54, 1.807) is 0 Å². The molecule has 0 saturated heterocycles. The second-order valence-electron chi connectivity index (χ2n) is 3.27. The van der Waals surface area contributed by atoms with Crippen molar-refractivity contribution in [3.63, 3.8) is 0 Å². The zero-order chi connectivity index (χ0) is 11.9. The van der Waals surface area contributed by atoms with Gasteiger partial charge in [-0.05, 0) is 12.1 Å². The zero-order valence-corrected chi connectivity index (χ0v) is 8.13. The van der Waals surface area contributed by atoms with Gasteiger partial charge in [-0.2, -0.15) is 13.2 Å². The van der Waals surface area contributed by atoms with Gasteiger partial charge in [-0.3, -0.25) is 4.79 Å². The molecule has 0 radical (unpaired) electrons. The molecule has 84 valence electrons. The molecule has 0 spiro atoms. The summed E-state index contributed by atoms with van der Waals surface area (Å²) < 4.78 is 42.3. The molecule has 0 aliphatic carbocycles. The Balaban J connectivity index is 2.77. The Morgan fingerprint density at radius 2 is 2.06 bits per heavy atom. The maximum atomic E-state index is 12.6. The van der Waals surface area contributed by atoms with Gasteiger partial charge in [-0.25, -0.2) is 0 Å². The predicted octanol–water partition coefficient (Wildman–Crippen LogP) is 3.05. The Labute approximate surface area is 87.8 Å². The van der Waals surface area contributed by atoms with E-state index in [1.807, 2.05) is 0 Å². The number of rotatable bonds is 1. The summed E-state index contributed by atoms with van der Waals surface area (Å²) >= 11 is 0. The van der Waals surface area contributed by atoms with E-state index in [2.05, 4.69) is 9.68 Å². The number of alkyl halides is 3. The summed E-state index contributed by atoms with van der Waals surface area (Å²) in [5, 5.41) is 3.38. The third-order valence-corrected chi connectivity index (χ3v) is 2.13. The van der Waals surface area contributed by atoms with E-state index < -0.39 is 17.5 Å². The molecule has 2 rings (SSSR count). The highest BCUT2D eigenvalue weighted by molar-refractivity contribution is 6.04. The number of Topliss-reactive ketones (excluding diaryl/α,β-unsaturated/α-hetero) is 1. The smallest absolute Gasteiger partial charge is 0.352 e. The van der Waals surface area contributed by atoms with E-state index in [4.69, 9.17) is 0 Å². The quantitative estimate of drug-likeness (QED) is 0.706. The summed E-state index contributed by atoms with van der Waals surface area (Å²) in [6.45, 7) is 1.21. The van der Waals surface area contributed by atoms with Crippen molar-refractivity contribution in [3.8, 4) is 0 Å². The van der Waals surface area contributed by atoms with Crippen LogP contribution in [0.15, 0.2) is 22.7 Å². The molecule has 2 aromatic rings. The van der Waals surface area contributed by atoms with Crippen LogP contribution < -0.4 is 0 Å². The Hall–Kier alpha value is -1.85. The fraction of sp³-hybridized carbons (Fsp3) is 0.200. The van der Waals surface area contributed by atoms with E-state index in [-0.39, 0.29) is 16.7 Å². The summed E-state index contributed by atoms with van der Waals surface area (Å²) in [7, 11) is 0. The van der Waals surface area contributed by atoms with Crippen molar-refractivity contribution in [3.05, 3.63) is 29.5 Å². The van der Waals surface area contributed by atoms with Crippen molar-refractivity contribution in [1.29, 1.82) is 0 Å². The van der Waals surface area contributed by atoms with Crippen LogP contribution in [0.25, 0.3) is 10.9 Å². The van der Waals surface area contributed by atoms with Crippen molar-refractivity contribution in [2.45, 2.75) is 13.1 Å². The Bertz CT molecular complexity index is 557. The first-order valence-corrected chi connectivity index (χ1v) is 4.38. The number of fused-ring (bicyclic) bond motifs is 1. The van der Waals surface area contributed by atoms with Crippen LogP contribution in [0.2, 0.25) is 0 Å². The van der Waals surface area contributed by atoms with Crippen molar-refractivity contribution in [2.24, 2.45) is 0 Å². The lowest BCUT2D eigenvalue weighted by Crippen LogP contribution is -2.05. The molecular formula is C10H6F3NO2. The minimum atomic E-state index is -4.51. The highest BCUT2D eigenvalue weighted by atomic mass is 19.4. The van der Waals surface area contributed by atoms with Gasteiger partial charge in [0.15, 0.2) is 5.78 Å². The minimum absolute atomic E-state index is 0.0855. The molecule has 0 aliphatic rings. The van der Waals surface area contributed by atoms with Crippen LogP contribution in [0.4, 0.5) is 13.2 Å². The predicted molar refractivity (Wildman–Crippen MR) is 49.0 cm³/mol. The lowest BCUT2D eigenvalue weighted by Gasteiger charge is -2.05. The van der Waals surface area contributed by atoms with Crippen molar-refractivity contribution in [1.82, 2.24) is 5.16 Å². The van der Waals surface area contributed by atoms with Crippen molar-refractivity contribution in [2.75, 3.05) is 0 Å². The van der Waals surface area contributed by atoms with E-state index in [9.17, 15) is 18.0 Å². The molecular weight excluding hydrogens is 223 g/mol. The molecule has 0 amide bonds. The number of hydrogen-bond donors (Lipinski definition) is 0. The summed E-state index contributed by atoms with van der Waals surface area (Å²) in [5.74, 6) is -0.608. The van der Waals surface area contributed by atoms with Gasteiger partial charge in [-0.1, -0.05) is 11.2 Å². The maximum absolute atomic E-state index is 12.6. The lowest BCUT2D eigenvalue weighted by atomic mass is 10.1. The van der Waals surface area contributed by atoms with Crippen LogP contribution in [0.3, 0.4) is 0 Å². The van der Waals surface area contributed by atoms with E-state index in [0.717, 1.165) is 6.07 Å². The highest BCUT2D eigenvalue weighted by Crippen LogP contribution is 2.35. The first-order chi connectivity index (χ1) is 7.41. The Morgan fingerprint density at radius 1 is 1.38 bits per heavy atom. The van der Waals surface area contributed by atoms with Gasteiger partial charge in [0.05, 0.1) is 10.9 Å². The number of carbonyl (C=O) groups excluding carboxylic acids is 1. The van der Waals surface area contributed by atoms with Crippen molar-refractivity contribution >= 4 is 16.7 Å². The minimum Gasteiger partial charge on any atom is -0.352 e. The van der Waals surface area contributed by atoms with Crippen LogP contribution in [0, 0.1) is 0 Å². The number of nitrogens with zero attached hydrogens (tertiary/aromatic N) is 1. The van der Waals surface area contributed by atoms with Gasteiger partial charge >= 0.3 is 6.18 Å². The zero-order valence-electron chi connectivity index (χ0n) is 8.13. The number of hydrogen-bond acceptors (Lipinski definition) is 3. The maximum Gasteiger partial charge on any atom is 0.418 e. The number of carbonyl (C=O) groups is 1. The monoisotopic (exact) mass is 229 g/mol. The van der Waals surface area contributed by atoms with Gasteiger partial charge in [0.1, 0.15) is 5.52 Å². The van der Waals surface area contributed by atoms with Crippen LogP contribution in [0.5, 0.6) is 0 Å². The summed E-state index contributed by atoms with van der Waals surface area (Å²) in [6.07, 6.45) is -4.51. The molecule has 16 heavy (non-hydrogen) atoms. The molecule has 0 aliphatic heterocycles. The fourth-order valence-corrected chi connectivity index (χ4v) is 1.45. The average molecular weight is 229 g/mol. The van der Waals surface area contributed by atoms with Crippen molar-refractivity contribution < 1.29 is 22.5 Å². The normalized spacial score (nSPS) is 12.0. The van der Waals surface area contributed by atoms with Crippen LogP contribution in [0.1, 0.15) is 23.0 Å². The largest absolute Gasteiger partial charge is 0.418 e. The second-order valence-corrected chi connectivity index (χ2v) is 3.27. The van der Waals surface area contributed by atoms with Gasteiger partial charge < -0.3 is 4.52 Å². The van der Waals surface area contributed by atoms with Crippen LogP contribution in [-0.2, 0) is 6.18 Å². The van der Waals surface area contributed by atoms with Gasteiger partial charge in [0.25, 0.3) is 0 Å². The molecule has 0 N–H and O–H groups in total. The fourth-order valence-electron chi connectivity index (χ4n) is 1.45. The number of ketones is 1. The van der Waals surface area contributed by atoms with E-state index >= 15 is 0 Å². The number of aromatic nitrogens is 1. The topological polar surface area (TPSA) is 43.1 Å². The highest BCUT2D eigenvalue weighted by Gasteiger charge is 2.34. The van der Waals surface area contributed by atoms with Crippen LogP contribution >= 0.6 is 0 Å². The molecule has 6 heteroatoms. The third kappa shape index (κ3) is 1.56. The molecule has 0 bridgehead atoms. The van der Waals surface area contributed by atoms with Gasteiger partial charge in [-0.15, -0.1) is 0 Å². The second kappa shape index (κ2) is 3.33. The first kappa shape index (κ1) is 10.7. The SMILES string of the molecule is CC(=O)c1onc2c(C(F)(F)F)cccc12. The molecule has 0 atom stereocenters. The lowest BCUT2D eigenvalue weighted by molar-refractivity contribution is -0.136. The molecule has 1 aromatic heterocycles. The molecule has 1 heterocycles. The Kier molecular flexibility index (Phi) is 2.22. The number of halogens is 3. The molecule has 0 fully saturated rings. The third-order valence-electron chi connectivity index (χ3n) is 2.13. The summed E-state index contributed by atoms with van der Waals surface area (Å²) in [4.78, 5) is 11.1. The van der Waals surface area contributed by atoms with E-state index in [1.165, 1.54) is 19.1 Å².